The molecule has 1 aromatic heterocycles. The molecule has 186 valence electrons. The fourth-order valence-electron chi connectivity index (χ4n) is 4.39. The van der Waals surface area contributed by atoms with Gasteiger partial charge < -0.3 is 20.1 Å². The molecule has 0 aliphatic carbocycles. The number of carbonyl (C=O) groups excluding carboxylic acids is 2. The number of amides is 1. The number of hydrogen-bond acceptors (Lipinski definition) is 6. The van der Waals surface area contributed by atoms with Gasteiger partial charge in [0.05, 0.1) is 30.7 Å². The number of likely N-dealkylation sites (tertiary alicyclic amines) is 1. The molecule has 0 radical (unpaired) electrons. The quantitative estimate of drug-likeness (QED) is 0.283. The van der Waals surface area contributed by atoms with Crippen LogP contribution in [-0.2, 0) is 9.53 Å². The van der Waals surface area contributed by atoms with E-state index in [2.05, 4.69) is 4.98 Å². The maximum absolute atomic E-state index is 14.2. The Bertz CT molecular complexity index is 1250. The van der Waals surface area contributed by atoms with Crippen LogP contribution in [0.25, 0.3) is 11.1 Å². The molecule has 1 aliphatic heterocycles. The molecular weight excluding hydrogens is 463 g/mol. The monoisotopic (exact) mass is 490 g/mol. The highest BCUT2D eigenvalue weighted by atomic mass is 19.1. The maximum atomic E-state index is 14.2. The lowest BCUT2D eigenvalue weighted by atomic mass is 10.0. The molecule has 2 aromatic carbocycles. The molecule has 3 N–H and O–H groups in total. The molecule has 1 fully saturated rings. The molecule has 3 aromatic rings. The van der Waals surface area contributed by atoms with E-state index in [-0.39, 0.29) is 48.3 Å². The van der Waals surface area contributed by atoms with Gasteiger partial charge in [-0.25, -0.2) is 4.39 Å². The Kier molecular flexibility index (Phi) is 7.58. The lowest BCUT2D eigenvalue weighted by Gasteiger charge is -2.25. The molecule has 0 spiro atoms. The zero-order chi connectivity index (χ0) is 25.7. The molecule has 0 saturated carbocycles. The van der Waals surface area contributed by atoms with E-state index in [9.17, 15) is 14.0 Å². The van der Waals surface area contributed by atoms with E-state index >= 15 is 0 Å². The summed E-state index contributed by atoms with van der Waals surface area (Å²) in [5.74, 6) is -0.762. The summed E-state index contributed by atoms with van der Waals surface area (Å²) in [7, 11) is 1.35. The van der Waals surface area contributed by atoms with Crippen molar-refractivity contribution in [2.45, 2.75) is 18.9 Å². The summed E-state index contributed by atoms with van der Waals surface area (Å²) in [5, 5.41) is 7.41. The number of esters is 1. The number of nitrogens with one attached hydrogen (secondary N) is 1. The van der Waals surface area contributed by atoms with Crippen molar-refractivity contribution in [3.05, 3.63) is 83.9 Å². The van der Waals surface area contributed by atoms with Crippen LogP contribution in [0, 0.1) is 17.1 Å². The zero-order valence-electron chi connectivity index (χ0n) is 19.8. The summed E-state index contributed by atoms with van der Waals surface area (Å²) in [6, 6.07) is 14.9. The molecule has 0 bridgehead atoms. The Morgan fingerprint density at radius 2 is 1.92 bits per heavy atom. The van der Waals surface area contributed by atoms with Crippen molar-refractivity contribution in [2.75, 3.05) is 20.3 Å². The maximum Gasteiger partial charge on any atom is 0.305 e. The zero-order valence-corrected chi connectivity index (χ0v) is 19.8. The first-order valence-corrected chi connectivity index (χ1v) is 11.5. The Morgan fingerprint density at radius 1 is 1.17 bits per heavy atom. The van der Waals surface area contributed by atoms with Crippen molar-refractivity contribution in [1.82, 2.24) is 9.88 Å². The van der Waals surface area contributed by atoms with Gasteiger partial charge in [0.25, 0.3) is 5.91 Å². The van der Waals surface area contributed by atoms with Crippen LogP contribution in [0.3, 0.4) is 0 Å². The Hall–Kier alpha value is -4.27. The molecule has 1 aliphatic rings. The second-order valence-electron chi connectivity index (χ2n) is 8.68. The summed E-state index contributed by atoms with van der Waals surface area (Å²) < 4.78 is 25.0. The van der Waals surface area contributed by atoms with E-state index < -0.39 is 5.82 Å². The minimum atomic E-state index is -0.554. The van der Waals surface area contributed by atoms with Crippen molar-refractivity contribution >= 4 is 17.7 Å². The Balaban J connectivity index is 1.45. The predicted molar refractivity (Wildman–Crippen MR) is 132 cm³/mol. The Labute approximate surface area is 208 Å². The number of pyridine rings is 1. The molecule has 2 atom stereocenters. The topological polar surface area (TPSA) is 119 Å². The third-order valence-electron chi connectivity index (χ3n) is 6.24. The highest BCUT2D eigenvalue weighted by molar-refractivity contribution is 5.95. The number of methoxy groups -OCH3 is 1. The largest absolute Gasteiger partial charge is 0.491 e. The molecule has 1 amide bonds. The first-order chi connectivity index (χ1) is 17.4. The first kappa shape index (κ1) is 24.8. The van der Waals surface area contributed by atoms with Gasteiger partial charge in [-0.3, -0.25) is 20.0 Å². The predicted octanol–water partition coefficient (Wildman–Crippen LogP) is 3.64. The molecule has 4 rings (SSSR count). The second-order valence-corrected chi connectivity index (χ2v) is 8.68. The number of nitrogen functional groups attached to an aromatic ring is 1. The van der Waals surface area contributed by atoms with E-state index in [1.54, 1.807) is 41.4 Å². The number of hydrogen-bond donors (Lipinski definition) is 2. The van der Waals surface area contributed by atoms with Gasteiger partial charge in [-0.2, -0.15) is 0 Å². The average Bonchev–Trinajstić information content (AvgIpc) is 3.29. The average molecular weight is 491 g/mol. The minimum Gasteiger partial charge on any atom is -0.491 e. The van der Waals surface area contributed by atoms with Crippen LogP contribution in [0.15, 0.2) is 67.0 Å². The van der Waals surface area contributed by atoms with Crippen molar-refractivity contribution in [3.8, 4) is 16.9 Å². The molecule has 9 heteroatoms. The number of nitrogens with zero attached hydrogens (tertiary/aromatic N) is 2. The Morgan fingerprint density at radius 3 is 2.56 bits per heavy atom. The number of aromatic nitrogens is 1. The molecule has 2 heterocycles. The van der Waals surface area contributed by atoms with Gasteiger partial charge in [0.1, 0.15) is 24.0 Å². The van der Waals surface area contributed by atoms with Crippen LogP contribution in [0.2, 0.25) is 0 Å². The van der Waals surface area contributed by atoms with E-state index in [0.717, 1.165) is 5.56 Å². The van der Waals surface area contributed by atoms with Gasteiger partial charge in [-0.15, -0.1) is 0 Å². The number of halogens is 1. The number of rotatable bonds is 8. The lowest BCUT2D eigenvalue weighted by molar-refractivity contribution is -0.141. The minimum absolute atomic E-state index is 0.0260. The molecule has 36 heavy (non-hydrogen) atoms. The number of ether oxygens (including phenoxy) is 2. The van der Waals surface area contributed by atoms with Gasteiger partial charge in [0.2, 0.25) is 0 Å². The number of benzene rings is 2. The summed E-state index contributed by atoms with van der Waals surface area (Å²) >= 11 is 0. The highest BCUT2D eigenvalue weighted by Gasteiger charge is 2.37. The van der Waals surface area contributed by atoms with Crippen molar-refractivity contribution in [2.24, 2.45) is 11.7 Å². The van der Waals surface area contributed by atoms with Crippen LogP contribution in [0.1, 0.15) is 28.8 Å². The fourth-order valence-corrected chi connectivity index (χ4v) is 4.39. The van der Waals surface area contributed by atoms with Gasteiger partial charge in [-0.05, 0) is 59.9 Å². The second kappa shape index (κ2) is 11.0. The van der Waals surface area contributed by atoms with Gasteiger partial charge in [-0.1, -0.05) is 18.2 Å². The SMILES string of the molecule is COC(=O)C[C@@H]1C[C@@H](COc2ccc(-c3ccc(C(=N)N)c(F)c3)cc2)N(C(=O)c2cccnc2)C1. The molecule has 8 nitrogen and oxygen atoms in total. The number of nitrogens with two attached hydrogens (primary N) is 1. The van der Waals surface area contributed by atoms with Crippen molar-refractivity contribution in [3.63, 3.8) is 0 Å². The number of carbonyl (C=O) groups is 2. The van der Waals surface area contributed by atoms with Gasteiger partial charge >= 0.3 is 5.97 Å². The van der Waals surface area contributed by atoms with Crippen LogP contribution in [0.5, 0.6) is 5.75 Å². The number of amidine groups is 1. The van der Waals surface area contributed by atoms with Crippen LogP contribution >= 0.6 is 0 Å². The van der Waals surface area contributed by atoms with E-state index in [4.69, 9.17) is 20.6 Å². The summed E-state index contributed by atoms with van der Waals surface area (Å²) in [6.45, 7) is 0.683. The standard InChI is InChI=1S/C27H27FN4O4/c1-35-25(33)12-17-11-21(32(15-17)27(34)20-3-2-10-31-14-20)16-36-22-7-4-18(5-8-22)19-6-9-23(26(29)30)24(28)13-19/h2-10,13-14,17,21H,11-12,15-16H2,1H3,(H3,29,30)/t17-,21-/m0/s1. The van der Waals surface area contributed by atoms with Gasteiger partial charge in [0.15, 0.2) is 0 Å². The molecule has 0 unspecified atom stereocenters. The van der Waals surface area contributed by atoms with Gasteiger partial charge in [0, 0.05) is 18.9 Å². The molecular formula is C27H27FN4O4. The summed E-state index contributed by atoms with van der Waals surface area (Å²) in [6.07, 6.45) is 3.98. The van der Waals surface area contributed by atoms with Crippen LogP contribution < -0.4 is 10.5 Å². The third kappa shape index (κ3) is 5.68. The van der Waals surface area contributed by atoms with Crippen LogP contribution in [0.4, 0.5) is 4.39 Å². The molecule has 1 saturated heterocycles. The van der Waals surface area contributed by atoms with Crippen molar-refractivity contribution < 1.29 is 23.5 Å². The van der Waals surface area contributed by atoms with Crippen molar-refractivity contribution in [1.29, 1.82) is 5.41 Å². The summed E-state index contributed by atoms with van der Waals surface area (Å²) in [5.41, 5.74) is 7.36. The first-order valence-electron chi connectivity index (χ1n) is 11.5. The lowest BCUT2D eigenvalue weighted by Crippen LogP contribution is -2.39. The van der Waals surface area contributed by atoms with E-state index in [0.29, 0.717) is 29.8 Å². The normalized spacial score (nSPS) is 17.0. The summed E-state index contributed by atoms with van der Waals surface area (Å²) in [4.78, 5) is 30.7. The third-order valence-corrected chi connectivity index (χ3v) is 6.24. The highest BCUT2D eigenvalue weighted by Crippen LogP contribution is 2.29. The smallest absolute Gasteiger partial charge is 0.305 e. The van der Waals surface area contributed by atoms with E-state index in [1.807, 2.05) is 12.1 Å². The van der Waals surface area contributed by atoms with Crippen LogP contribution in [-0.4, -0.2) is 53.9 Å². The fraction of sp³-hybridized carbons (Fsp3) is 0.259. The van der Waals surface area contributed by atoms with E-state index in [1.165, 1.54) is 25.4 Å².